The first-order valence-electron chi connectivity index (χ1n) is 11.6. The SMILES string of the molecule is COCCOc1cc(/C(O)=C2\C(=O)Nc3cc(Cl)c(-c4ccc(-c5cccc(OC)c5O)cc4)cc32)on1. The number of fused-ring (bicyclic) bond motifs is 1. The third kappa shape index (κ3) is 4.65. The van der Waals surface area contributed by atoms with Crippen LogP contribution in [-0.4, -0.2) is 48.7 Å². The van der Waals surface area contributed by atoms with E-state index in [1.165, 1.54) is 13.2 Å². The monoisotopic (exact) mass is 534 g/mol. The lowest BCUT2D eigenvalue weighted by Gasteiger charge is -2.11. The zero-order valence-electron chi connectivity index (χ0n) is 20.4. The van der Waals surface area contributed by atoms with Gasteiger partial charge in [-0.25, -0.2) is 0 Å². The van der Waals surface area contributed by atoms with E-state index in [0.29, 0.717) is 39.8 Å². The third-order valence-corrected chi connectivity index (χ3v) is 6.39. The molecular formula is C28H23ClN2O7. The van der Waals surface area contributed by atoms with Gasteiger partial charge in [-0.3, -0.25) is 4.79 Å². The number of para-hydroxylation sites is 1. The molecule has 5 rings (SSSR count). The number of carbonyl (C=O) groups is 1. The van der Waals surface area contributed by atoms with Crippen molar-refractivity contribution in [1.29, 1.82) is 0 Å². The number of aromatic hydroxyl groups is 1. The van der Waals surface area contributed by atoms with Gasteiger partial charge in [0.15, 0.2) is 17.3 Å². The normalized spacial score (nSPS) is 13.7. The number of aliphatic hydroxyl groups is 1. The number of amides is 1. The molecular weight excluding hydrogens is 512 g/mol. The van der Waals surface area contributed by atoms with Crippen molar-refractivity contribution in [1.82, 2.24) is 5.16 Å². The van der Waals surface area contributed by atoms with E-state index < -0.39 is 5.91 Å². The van der Waals surface area contributed by atoms with E-state index in [1.54, 1.807) is 37.4 Å². The lowest BCUT2D eigenvalue weighted by Crippen LogP contribution is -2.05. The number of ether oxygens (including phenoxy) is 3. The molecule has 0 unspecified atom stereocenters. The maximum Gasteiger partial charge on any atom is 0.260 e. The van der Waals surface area contributed by atoms with Crippen molar-refractivity contribution in [3.8, 4) is 39.6 Å². The van der Waals surface area contributed by atoms with Crippen molar-refractivity contribution < 1.29 is 33.7 Å². The number of nitrogens with one attached hydrogen (secondary N) is 1. The Balaban J connectivity index is 1.49. The van der Waals surface area contributed by atoms with Crippen molar-refractivity contribution in [2.24, 2.45) is 0 Å². The number of nitrogens with zero attached hydrogens (tertiary/aromatic N) is 1. The maximum absolute atomic E-state index is 12.8. The number of benzene rings is 3. The van der Waals surface area contributed by atoms with Crippen LogP contribution in [0.2, 0.25) is 5.02 Å². The minimum Gasteiger partial charge on any atom is -0.504 e. The molecule has 1 aliphatic rings. The largest absolute Gasteiger partial charge is 0.504 e. The van der Waals surface area contributed by atoms with Gasteiger partial charge in [0.05, 0.1) is 36.1 Å². The Bertz CT molecular complexity index is 1540. The summed E-state index contributed by atoms with van der Waals surface area (Å²) in [5, 5.41) is 28.3. The summed E-state index contributed by atoms with van der Waals surface area (Å²) in [6.07, 6.45) is 0. The summed E-state index contributed by atoms with van der Waals surface area (Å²) in [4.78, 5) is 12.8. The quantitative estimate of drug-likeness (QED) is 0.148. The molecule has 0 radical (unpaired) electrons. The molecule has 1 aromatic heterocycles. The Morgan fingerprint density at radius 2 is 1.74 bits per heavy atom. The van der Waals surface area contributed by atoms with Gasteiger partial charge in [0.1, 0.15) is 6.61 Å². The van der Waals surface area contributed by atoms with Gasteiger partial charge < -0.3 is 34.3 Å². The van der Waals surface area contributed by atoms with Crippen molar-refractivity contribution >= 4 is 34.5 Å². The second kappa shape index (κ2) is 10.5. The molecule has 1 aliphatic heterocycles. The Morgan fingerprint density at radius 3 is 2.45 bits per heavy atom. The highest BCUT2D eigenvalue weighted by atomic mass is 35.5. The molecule has 0 saturated heterocycles. The Hall–Kier alpha value is -4.47. The number of halogens is 1. The summed E-state index contributed by atoms with van der Waals surface area (Å²) in [5.41, 5.74) is 3.77. The predicted octanol–water partition coefficient (Wildman–Crippen LogP) is 5.78. The molecule has 3 aromatic carbocycles. The van der Waals surface area contributed by atoms with Gasteiger partial charge in [-0.1, -0.05) is 48.0 Å². The molecule has 0 spiro atoms. The number of aliphatic hydroxyl groups excluding tert-OH is 1. The molecule has 1 amide bonds. The highest BCUT2D eigenvalue weighted by Crippen LogP contribution is 2.43. The molecule has 0 bridgehead atoms. The number of carbonyl (C=O) groups excluding carboxylic acids is 1. The van der Waals surface area contributed by atoms with E-state index in [-0.39, 0.29) is 35.3 Å². The van der Waals surface area contributed by atoms with Crippen molar-refractivity contribution in [2.45, 2.75) is 0 Å². The first kappa shape index (κ1) is 25.2. The summed E-state index contributed by atoms with van der Waals surface area (Å²) < 4.78 is 20.7. The number of phenolic OH excluding ortho intramolecular Hbond substituents is 1. The molecule has 0 saturated carbocycles. The predicted molar refractivity (Wildman–Crippen MR) is 142 cm³/mol. The Kier molecular flexibility index (Phi) is 6.95. The third-order valence-electron chi connectivity index (χ3n) is 6.07. The standard InChI is InChI=1S/C28H23ClN2O7/c1-35-10-11-37-24-14-23(38-31-24)27(33)25-19-12-18(20(29)13-21(19)30-28(25)34)16-8-6-15(7-9-16)17-4-3-5-22(36-2)26(17)32/h3-9,12-14,32-33H,10-11H2,1-2H3,(H,30,34)/b27-25+. The van der Waals surface area contributed by atoms with E-state index in [0.717, 1.165) is 11.1 Å². The molecule has 0 fully saturated rings. The van der Waals surface area contributed by atoms with Crippen LogP contribution < -0.4 is 14.8 Å². The smallest absolute Gasteiger partial charge is 0.260 e. The average molecular weight is 535 g/mol. The second-order valence-corrected chi connectivity index (χ2v) is 8.77. The van der Waals surface area contributed by atoms with Gasteiger partial charge >= 0.3 is 0 Å². The molecule has 3 N–H and O–H groups in total. The first-order valence-corrected chi connectivity index (χ1v) is 11.9. The topological polar surface area (TPSA) is 123 Å². The van der Waals surface area contributed by atoms with Crippen molar-refractivity contribution in [2.75, 3.05) is 32.8 Å². The number of anilines is 1. The first-order chi connectivity index (χ1) is 18.4. The lowest BCUT2D eigenvalue weighted by atomic mass is 9.96. The van der Waals surface area contributed by atoms with E-state index in [1.807, 2.05) is 24.3 Å². The Labute approximate surface area is 222 Å². The molecule has 0 aliphatic carbocycles. The lowest BCUT2D eigenvalue weighted by molar-refractivity contribution is -0.110. The number of methoxy groups -OCH3 is 2. The zero-order chi connectivity index (χ0) is 26.8. The Morgan fingerprint density at radius 1 is 1.00 bits per heavy atom. The van der Waals surface area contributed by atoms with E-state index in [9.17, 15) is 15.0 Å². The van der Waals surface area contributed by atoms with Crippen molar-refractivity contribution in [3.05, 3.63) is 77.0 Å². The van der Waals surface area contributed by atoms with Crippen LogP contribution >= 0.6 is 11.6 Å². The number of rotatable bonds is 8. The van der Waals surface area contributed by atoms with E-state index in [4.69, 9.17) is 30.3 Å². The van der Waals surface area contributed by atoms with Gasteiger partial charge in [-0.05, 0) is 34.5 Å². The van der Waals surface area contributed by atoms with Gasteiger partial charge in [0.25, 0.3) is 11.8 Å². The molecule has 9 nitrogen and oxygen atoms in total. The number of hydrogen-bond donors (Lipinski definition) is 3. The minimum atomic E-state index is -0.507. The van der Waals surface area contributed by atoms with Crippen LogP contribution in [0.15, 0.2) is 65.2 Å². The fourth-order valence-electron chi connectivity index (χ4n) is 4.19. The van der Waals surface area contributed by atoms with E-state index in [2.05, 4.69) is 10.5 Å². The van der Waals surface area contributed by atoms with Crippen LogP contribution in [0.5, 0.6) is 17.4 Å². The van der Waals surface area contributed by atoms with Gasteiger partial charge in [0, 0.05) is 23.8 Å². The molecule has 4 aromatic rings. The highest BCUT2D eigenvalue weighted by Gasteiger charge is 2.31. The number of hydrogen-bond acceptors (Lipinski definition) is 8. The fraction of sp³-hybridized carbons (Fsp3) is 0.143. The van der Waals surface area contributed by atoms with Crippen LogP contribution in [0.1, 0.15) is 11.3 Å². The number of phenols is 1. The molecule has 0 atom stereocenters. The van der Waals surface area contributed by atoms with Crippen LogP contribution in [0, 0.1) is 0 Å². The second-order valence-electron chi connectivity index (χ2n) is 8.36. The zero-order valence-corrected chi connectivity index (χ0v) is 21.2. The van der Waals surface area contributed by atoms with Crippen LogP contribution in [0.3, 0.4) is 0 Å². The molecule has 10 heteroatoms. The van der Waals surface area contributed by atoms with Gasteiger partial charge in [-0.15, -0.1) is 0 Å². The minimum absolute atomic E-state index is 0.0191. The maximum atomic E-state index is 12.8. The van der Waals surface area contributed by atoms with Crippen LogP contribution in [0.25, 0.3) is 33.6 Å². The molecule has 38 heavy (non-hydrogen) atoms. The summed E-state index contributed by atoms with van der Waals surface area (Å²) in [5.74, 6) is -0.325. The molecule has 2 heterocycles. The van der Waals surface area contributed by atoms with E-state index >= 15 is 0 Å². The van der Waals surface area contributed by atoms with Crippen LogP contribution in [-0.2, 0) is 9.53 Å². The summed E-state index contributed by atoms with van der Waals surface area (Å²) >= 11 is 6.58. The van der Waals surface area contributed by atoms with Gasteiger partial charge in [-0.2, -0.15) is 0 Å². The molecule has 194 valence electrons. The highest BCUT2D eigenvalue weighted by molar-refractivity contribution is 6.38. The summed E-state index contributed by atoms with van der Waals surface area (Å²) in [6.45, 7) is 0.609. The van der Waals surface area contributed by atoms with Gasteiger partial charge in [0.2, 0.25) is 5.76 Å². The fourth-order valence-corrected chi connectivity index (χ4v) is 4.46. The van der Waals surface area contributed by atoms with Crippen LogP contribution in [0.4, 0.5) is 5.69 Å². The van der Waals surface area contributed by atoms with Crippen molar-refractivity contribution in [3.63, 3.8) is 0 Å². The summed E-state index contributed by atoms with van der Waals surface area (Å²) in [7, 11) is 3.04. The average Bonchev–Trinajstić information content (AvgIpc) is 3.52. The summed E-state index contributed by atoms with van der Waals surface area (Å²) in [6, 6.07) is 17.4. The number of aromatic nitrogens is 1.